The summed E-state index contributed by atoms with van der Waals surface area (Å²) in [5, 5.41) is 7.63. The summed E-state index contributed by atoms with van der Waals surface area (Å²) in [6.07, 6.45) is 3.34. The maximum atomic E-state index is 12.5. The highest BCUT2D eigenvalue weighted by Gasteiger charge is 2.31. The zero-order valence-electron chi connectivity index (χ0n) is 17.0. The van der Waals surface area contributed by atoms with E-state index in [1.165, 1.54) is 4.88 Å². The number of piperazine rings is 1. The molecule has 1 saturated heterocycles. The largest absolute Gasteiger partial charge is 0.344 e. The third kappa shape index (κ3) is 5.85. The third-order valence-electron chi connectivity index (χ3n) is 5.30. The minimum absolute atomic E-state index is 0.0593. The highest BCUT2D eigenvalue weighted by molar-refractivity contribution is 7.10. The Morgan fingerprint density at radius 2 is 1.97 bits per heavy atom. The van der Waals surface area contributed by atoms with E-state index in [0.29, 0.717) is 0 Å². The molecule has 0 spiro atoms. The van der Waals surface area contributed by atoms with Gasteiger partial charge >= 0.3 is 11.8 Å². The number of nitrogens with one attached hydrogen (secondary N) is 2. The van der Waals surface area contributed by atoms with E-state index < -0.39 is 11.8 Å². The fraction of sp³-hybridized carbons (Fsp3) is 0.476. The van der Waals surface area contributed by atoms with Crippen molar-refractivity contribution < 1.29 is 9.59 Å². The number of pyridine rings is 1. The van der Waals surface area contributed by atoms with E-state index in [-0.39, 0.29) is 18.6 Å². The van der Waals surface area contributed by atoms with Gasteiger partial charge in [0.15, 0.2) is 0 Å². The van der Waals surface area contributed by atoms with Gasteiger partial charge in [-0.25, -0.2) is 0 Å². The van der Waals surface area contributed by atoms with Crippen LogP contribution in [-0.2, 0) is 16.1 Å². The highest BCUT2D eigenvalue weighted by atomic mass is 32.1. The fourth-order valence-corrected chi connectivity index (χ4v) is 4.64. The zero-order valence-corrected chi connectivity index (χ0v) is 17.8. The van der Waals surface area contributed by atoms with E-state index in [2.05, 4.69) is 43.8 Å². The minimum Gasteiger partial charge on any atom is -0.344 e. The predicted octanol–water partition coefficient (Wildman–Crippen LogP) is 1.64. The van der Waals surface area contributed by atoms with Gasteiger partial charge in [-0.2, -0.15) is 0 Å². The Morgan fingerprint density at radius 1 is 1.17 bits per heavy atom. The summed E-state index contributed by atoms with van der Waals surface area (Å²) in [4.78, 5) is 34.8. The molecule has 0 saturated carbocycles. The lowest BCUT2D eigenvalue weighted by molar-refractivity contribution is -0.140. The first-order chi connectivity index (χ1) is 14.1. The van der Waals surface area contributed by atoms with Gasteiger partial charge in [0.25, 0.3) is 0 Å². The van der Waals surface area contributed by atoms with Crippen molar-refractivity contribution in [1.29, 1.82) is 0 Å². The molecule has 7 nitrogen and oxygen atoms in total. The molecule has 3 rings (SSSR count). The van der Waals surface area contributed by atoms with Crippen LogP contribution in [0.4, 0.5) is 0 Å². The Hall–Kier alpha value is -2.29. The molecule has 2 aromatic heterocycles. The maximum Gasteiger partial charge on any atom is 0.309 e. The van der Waals surface area contributed by atoms with Gasteiger partial charge in [-0.05, 0) is 36.5 Å². The molecule has 29 heavy (non-hydrogen) atoms. The van der Waals surface area contributed by atoms with E-state index in [9.17, 15) is 9.59 Å². The van der Waals surface area contributed by atoms with E-state index in [4.69, 9.17) is 0 Å². The van der Waals surface area contributed by atoms with E-state index in [1.54, 1.807) is 29.8 Å². The predicted molar refractivity (Wildman–Crippen MR) is 114 cm³/mol. The number of likely N-dealkylation sites (N-methyl/N-ethyl adjacent to an activating group) is 1. The summed E-state index contributed by atoms with van der Waals surface area (Å²) in [6, 6.07) is 7.67. The molecule has 2 aromatic rings. The van der Waals surface area contributed by atoms with Crippen LogP contribution in [0.2, 0.25) is 0 Å². The van der Waals surface area contributed by atoms with Gasteiger partial charge in [0.05, 0.1) is 6.04 Å². The maximum absolute atomic E-state index is 12.5. The Bertz CT molecular complexity index is 776. The first-order valence-corrected chi connectivity index (χ1v) is 10.9. The van der Waals surface area contributed by atoms with Crippen LogP contribution < -0.4 is 10.6 Å². The van der Waals surface area contributed by atoms with E-state index >= 15 is 0 Å². The van der Waals surface area contributed by atoms with Crippen molar-refractivity contribution in [2.75, 3.05) is 32.7 Å². The summed E-state index contributed by atoms with van der Waals surface area (Å²) < 4.78 is 0. The first-order valence-electron chi connectivity index (χ1n) is 10.1. The molecule has 2 N–H and O–H groups in total. The number of carbonyl (C=O) groups is 2. The van der Waals surface area contributed by atoms with E-state index in [1.807, 2.05) is 19.1 Å². The molecule has 156 valence electrons. The van der Waals surface area contributed by atoms with Gasteiger partial charge in [-0.1, -0.05) is 19.1 Å². The lowest BCUT2D eigenvalue weighted by Crippen LogP contribution is -2.53. The second-order valence-electron chi connectivity index (χ2n) is 7.24. The van der Waals surface area contributed by atoms with Gasteiger partial charge in [0, 0.05) is 56.0 Å². The molecule has 1 aliphatic rings. The minimum atomic E-state index is -0.624. The summed E-state index contributed by atoms with van der Waals surface area (Å²) in [5.41, 5.74) is 0.854. The van der Waals surface area contributed by atoms with Crippen LogP contribution in [0.5, 0.6) is 0 Å². The smallest absolute Gasteiger partial charge is 0.309 e. The van der Waals surface area contributed by atoms with E-state index in [0.717, 1.165) is 38.3 Å². The van der Waals surface area contributed by atoms with Crippen LogP contribution in [0.15, 0.2) is 42.0 Å². The number of amides is 2. The Labute approximate surface area is 176 Å². The molecule has 0 radical (unpaired) electrons. The molecule has 1 aliphatic heterocycles. The lowest BCUT2D eigenvalue weighted by atomic mass is 10.0. The molecule has 1 fully saturated rings. The topological polar surface area (TPSA) is 77.6 Å². The fourth-order valence-electron chi connectivity index (χ4n) is 3.68. The van der Waals surface area contributed by atoms with Gasteiger partial charge in [0.2, 0.25) is 0 Å². The summed E-state index contributed by atoms with van der Waals surface area (Å²) >= 11 is 1.69. The zero-order chi connectivity index (χ0) is 20.6. The van der Waals surface area contributed by atoms with Crippen molar-refractivity contribution in [3.8, 4) is 0 Å². The van der Waals surface area contributed by atoms with Gasteiger partial charge < -0.3 is 15.5 Å². The molecule has 2 atom stereocenters. The molecule has 3 heterocycles. The van der Waals surface area contributed by atoms with Gasteiger partial charge in [0.1, 0.15) is 0 Å². The third-order valence-corrected chi connectivity index (χ3v) is 6.24. The number of hydrogen-bond acceptors (Lipinski definition) is 6. The molecule has 2 amide bonds. The standard InChI is InChI=1S/C21H29N5O2S/c1-3-25-9-11-26(12-10-25)19(18-7-5-13-29-18)16(2)24-21(28)20(27)23-15-17-6-4-8-22-14-17/h4-8,13-14,16,19H,3,9-12,15H2,1-2H3,(H,23,27)(H,24,28)/t16-,19+/m0/s1. The Balaban J connectivity index is 1.59. The molecule has 0 unspecified atom stereocenters. The molecule has 0 bridgehead atoms. The highest BCUT2D eigenvalue weighted by Crippen LogP contribution is 2.29. The normalized spacial score (nSPS) is 17.4. The molecule has 0 aliphatic carbocycles. The summed E-state index contributed by atoms with van der Waals surface area (Å²) in [5.74, 6) is -1.23. The van der Waals surface area contributed by atoms with Crippen LogP contribution in [0.3, 0.4) is 0 Å². The van der Waals surface area contributed by atoms with Gasteiger partial charge in [-0.15, -0.1) is 11.3 Å². The number of rotatable bonds is 7. The summed E-state index contributed by atoms with van der Waals surface area (Å²) in [7, 11) is 0. The molecule has 0 aromatic carbocycles. The average Bonchev–Trinajstić information content (AvgIpc) is 3.27. The first kappa shape index (κ1) is 21.4. The van der Waals surface area contributed by atoms with Gasteiger partial charge in [-0.3, -0.25) is 19.5 Å². The van der Waals surface area contributed by atoms with Crippen molar-refractivity contribution in [2.24, 2.45) is 0 Å². The van der Waals surface area contributed by atoms with Crippen molar-refractivity contribution >= 4 is 23.2 Å². The average molecular weight is 416 g/mol. The molecular formula is C21H29N5O2S. The SMILES string of the molecule is CCN1CCN([C@@H](c2cccs2)[C@H](C)NC(=O)C(=O)NCc2cccnc2)CC1. The van der Waals surface area contributed by atoms with Crippen LogP contribution in [0, 0.1) is 0 Å². The number of carbonyl (C=O) groups excluding carboxylic acids is 2. The molecular weight excluding hydrogens is 386 g/mol. The van der Waals surface area contributed by atoms with Crippen LogP contribution in [-0.4, -0.2) is 65.4 Å². The van der Waals surface area contributed by atoms with Crippen molar-refractivity contribution in [3.63, 3.8) is 0 Å². The monoisotopic (exact) mass is 415 g/mol. The Kier molecular flexibility index (Phi) is 7.74. The number of thiophene rings is 1. The van der Waals surface area contributed by atoms with Crippen LogP contribution in [0.25, 0.3) is 0 Å². The van der Waals surface area contributed by atoms with Crippen LogP contribution >= 0.6 is 11.3 Å². The number of nitrogens with zero attached hydrogens (tertiary/aromatic N) is 3. The second kappa shape index (κ2) is 10.5. The summed E-state index contributed by atoms with van der Waals surface area (Å²) in [6.45, 7) is 9.42. The number of aromatic nitrogens is 1. The van der Waals surface area contributed by atoms with Crippen LogP contribution in [0.1, 0.15) is 30.3 Å². The molecule has 8 heteroatoms. The lowest BCUT2D eigenvalue weighted by Gasteiger charge is -2.41. The van der Waals surface area contributed by atoms with Crippen molar-refractivity contribution in [1.82, 2.24) is 25.4 Å². The second-order valence-corrected chi connectivity index (χ2v) is 8.22. The van der Waals surface area contributed by atoms with Crippen molar-refractivity contribution in [3.05, 3.63) is 52.5 Å². The number of hydrogen-bond donors (Lipinski definition) is 2. The quantitative estimate of drug-likeness (QED) is 0.673. The Morgan fingerprint density at radius 3 is 2.59 bits per heavy atom. The van der Waals surface area contributed by atoms with Crippen molar-refractivity contribution in [2.45, 2.75) is 32.5 Å².